The first-order valence-electron chi connectivity index (χ1n) is 10.4. The summed E-state index contributed by atoms with van der Waals surface area (Å²) in [4.78, 5) is 30.8. The maximum absolute atomic E-state index is 13.1. The molecule has 2 aromatic rings. The van der Waals surface area contributed by atoms with E-state index in [2.05, 4.69) is 17.0 Å². The van der Waals surface area contributed by atoms with E-state index in [9.17, 15) is 9.59 Å². The van der Waals surface area contributed by atoms with Crippen molar-refractivity contribution in [2.75, 3.05) is 40.3 Å². The Morgan fingerprint density at radius 2 is 1.73 bits per heavy atom. The van der Waals surface area contributed by atoms with E-state index in [4.69, 9.17) is 4.74 Å². The molecule has 1 heterocycles. The number of benzene rings is 2. The van der Waals surface area contributed by atoms with Crippen LogP contribution in [0.25, 0.3) is 0 Å². The zero-order chi connectivity index (χ0) is 21.5. The minimum Gasteiger partial charge on any atom is -0.366 e. The number of ether oxygens (including phenoxy) is 1. The molecule has 1 unspecified atom stereocenters. The van der Waals surface area contributed by atoms with Gasteiger partial charge in [0.05, 0.1) is 6.61 Å². The molecule has 1 aliphatic heterocycles. The maximum atomic E-state index is 13.1. The van der Waals surface area contributed by atoms with Crippen LogP contribution in [-0.4, -0.2) is 73.0 Å². The van der Waals surface area contributed by atoms with Crippen molar-refractivity contribution >= 4 is 11.8 Å². The lowest BCUT2D eigenvalue weighted by Gasteiger charge is -2.34. The van der Waals surface area contributed by atoms with Crippen molar-refractivity contribution in [1.82, 2.24) is 14.7 Å². The van der Waals surface area contributed by atoms with Crippen LogP contribution < -0.4 is 0 Å². The number of hydrogen-bond donors (Lipinski definition) is 0. The molecule has 0 radical (unpaired) electrons. The predicted molar refractivity (Wildman–Crippen MR) is 117 cm³/mol. The fourth-order valence-corrected chi connectivity index (χ4v) is 3.62. The summed E-state index contributed by atoms with van der Waals surface area (Å²) in [6.07, 6.45) is -0.447. The standard InChI is InChI=1S/C24H31N3O3/c1-4-27(17-20-10-12-21(13-11-20)23(28)25(2)3)24(29)22-18-26(14-15-30-22)16-19-8-6-5-7-9-19/h5-13,22H,4,14-18H2,1-3H3. The van der Waals surface area contributed by atoms with Crippen LogP contribution in [0, 0.1) is 0 Å². The van der Waals surface area contributed by atoms with Gasteiger partial charge in [-0.3, -0.25) is 14.5 Å². The van der Waals surface area contributed by atoms with E-state index >= 15 is 0 Å². The van der Waals surface area contributed by atoms with Gasteiger partial charge in [-0.05, 0) is 30.2 Å². The Morgan fingerprint density at radius 1 is 1.03 bits per heavy atom. The van der Waals surface area contributed by atoms with Gasteiger partial charge in [0, 0.05) is 52.4 Å². The minimum absolute atomic E-state index is 0.0173. The second-order valence-electron chi connectivity index (χ2n) is 7.83. The Morgan fingerprint density at radius 3 is 2.37 bits per heavy atom. The van der Waals surface area contributed by atoms with Gasteiger partial charge in [0.15, 0.2) is 0 Å². The van der Waals surface area contributed by atoms with Gasteiger partial charge in [-0.15, -0.1) is 0 Å². The third kappa shape index (κ3) is 5.68. The van der Waals surface area contributed by atoms with Gasteiger partial charge in [-0.1, -0.05) is 42.5 Å². The van der Waals surface area contributed by atoms with Crippen LogP contribution >= 0.6 is 0 Å². The summed E-state index contributed by atoms with van der Waals surface area (Å²) in [5.41, 5.74) is 2.88. The number of carbonyl (C=O) groups is 2. The first-order valence-corrected chi connectivity index (χ1v) is 10.4. The first-order chi connectivity index (χ1) is 14.5. The predicted octanol–water partition coefficient (Wildman–Crippen LogP) is 2.64. The zero-order valence-electron chi connectivity index (χ0n) is 18.1. The molecule has 1 aliphatic rings. The summed E-state index contributed by atoms with van der Waals surface area (Å²) in [5, 5.41) is 0. The van der Waals surface area contributed by atoms with Gasteiger partial charge in [0.2, 0.25) is 0 Å². The lowest BCUT2D eigenvalue weighted by Crippen LogP contribution is -2.50. The van der Waals surface area contributed by atoms with E-state index in [-0.39, 0.29) is 11.8 Å². The average molecular weight is 410 g/mol. The van der Waals surface area contributed by atoms with E-state index in [1.165, 1.54) is 5.56 Å². The Balaban J connectivity index is 1.60. The molecule has 6 nitrogen and oxygen atoms in total. The molecule has 6 heteroatoms. The van der Waals surface area contributed by atoms with Crippen LogP contribution in [0.15, 0.2) is 54.6 Å². The maximum Gasteiger partial charge on any atom is 0.253 e. The fraction of sp³-hybridized carbons (Fsp3) is 0.417. The lowest BCUT2D eigenvalue weighted by atomic mass is 10.1. The molecule has 0 bridgehead atoms. The molecular weight excluding hydrogens is 378 g/mol. The highest BCUT2D eigenvalue weighted by Crippen LogP contribution is 2.15. The molecule has 0 spiro atoms. The van der Waals surface area contributed by atoms with Crippen LogP contribution in [0.2, 0.25) is 0 Å². The molecule has 2 aromatic carbocycles. The van der Waals surface area contributed by atoms with Crippen LogP contribution in [0.4, 0.5) is 0 Å². The van der Waals surface area contributed by atoms with Crippen molar-refractivity contribution in [3.05, 3.63) is 71.3 Å². The summed E-state index contributed by atoms with van der Waals surface area (Å²) in [6.45, 7) is 5.89. The summed E-state index contributed by atoms with van der Waals surface area (Å²) in [7, 11) is 3.47. The smallest absolute Gasteiger partial charge is 0.253 e. The van der Waals surface area contributed by atoms with Crippen LogP contribution in [-0.2, 0) is 22.6 Å². The third-order valence-electron chi connectivity index (χ3n) is 5.35. The molecule has 1 saturated heterocycles. The summed E-state index contributed by atoms with van der Waals surface area (Å²) < 4.78 is 5.82. The lowest BCUT2D eigenvalue weighted by molar-refractivity contribution is -0.150. The molecule has 2 amide bonds. The third-order valence-corrected chi connectivity index (χ3v) is 5.35. The largest absolute Gasteiger partial charge is 0.366 e. The second kappa shape index (κ2) is 10.4. The van der Waals surface area contributed by atoms with Gasteiger partial charge in [0.25, 0.3) is 11.8 Å². The number of carbonyl (C=O) groups excluding carboxylic acids is 2. The van der Waals surface area contributed by atoms with Crippen molar-refractivity contribution in [1.29, 1.82) is 0 Å². The van der Waals surface area contributed by atoms with E-state index in [1.54, 1.807) is 19.0 Å². The number of likely N-dealkylation sites (N-methyl/N-ethyl adjacent to an activating group) is 1. The quantitative estimate of drug-likeness (QED) is 0.706. The van der Waals surface area contributed by atoms with Gasteiger partial charge < -0.3 is 14.5 Å². The normalized spacial score (nSPS) is 16.8. The van der Waals surface area contributed by atoms with Crippen LogP contribution in [0.5, 0.6) is 0 Å². The van der Waals surface area contributed by atoms with Crippen molar-refractivity contribution in [2.24, 2.45) is 0 Å². The molecule has 30 heavy (non-hydrogen) atoms. The number of hydrogen-bond acceptors (Lipinski definition) is 4. The Kier molecular flexibility index (Phi) is 7.60. The van der Waals surface area contributed by atoms with Crippen molar-refractivity contribution in [3.63, 3.8) is 0 Å². The van der Waals surface area contributed by atoms with E-state index in [0.29, 0.717) is 31.8 Å². The Hall–Kier alpha value is -2.70. The number of nitrogens with zero attached hydrogens (tertiary/aromatic N) is 3. The zero-order valence-corrected chi connectivity index (χ0v) is 18.1. The molecule has 0 N–H and O–H groups in total. The van der Waals surface area contributed by atoms with E-state index in [1.807, 2.05) is 54.3 Å². The van der Waals surface area contributed by atoms with Crippen LogP contribution in [0.1, 0.15) is 28.4 Å². The van der Waals surface area contributed by atoms with E-state index < -0.39 is 6.10 Å². The highest BCUT2D eigenvalue weighted by Gasteiger charge is 2.29. The summed E-state index contributed by atoms with van der Waals surface area (Å²) in [5.74, 6) is -0.0113. The van der Waals surface area contributed by atoms with Gasteiger partial charge >= 0.3 is 0 Å². The Bertz CT molecular complexity index is 837. The molecule has 3 rings (SSSR count). The highest BCUT2D eigenvalue weighted by molar-refractivity contribution is 5.93. The number of morpholine rings is 1. The molecule has 1 atom stereocenters. The fourth-order valence-electron chi connectivity index (χ4n) is 3.62. The van der Waals surface area contributed by atoms with Gasteiger partial charge in [0.1, 0.15) is 6.10 Å². The van der Waals surface area contributed by atoms with Gasteiger partial charge in [-0.25, -0.2) is 0 Å². The average Bonchev–Trinajstić information content (AvgIpc) is 2.77. The molecular formula is C24H31N3O3. The minimum atomic E-state index is -0.447. The number of rotatable bonds is 7. The van der Waals surface area contributed by atoms with Crippen molar-refractivity contribution < 1.29 is 14.3 Å². The molecule has 1 fully saturated rings. The second-order valence-corrected chi connectivity index (χ2v) is 7.83. The molecule has 0 aromatic heterocycles. The SMILES string of the molecule is CCN(Cc1ccc(C(=O)N(C)C)cc1)C(=O)C1CN(Cc2ccccc2)CCO1. The van der Waals surface area contributed by atoms with Crippen LogP contribution in [0.3, 0.4) is 0 Å². The molecule has 0 saturated carbocycles. The topological polar surface area (TPSA) is 53.1 Å². The summed E-state index contributed by atoms with van der Waals surface area (Å²) in [6, 6.07) is 17.8. The molecule has 160 valence electrons. The molecule has 0 aliphatic carbocycles. The first kappa shape index (κ1) is 22.0. The van der Waals surface area contributed by atoms with Gasteiger partial charge in [-0.2, -0.15) is 0 Å². The monoisotopic (exact) mass is 409 g/mol. The highest BCUT2D eigenvalue weighted by atomic mass is 16.5. The van der Waals surface area contributed by atoms with Crippen molar-refractivity contribution in [2.45, 2.75) is 26.1 Å². The van der Waals surface area contributed by atoms with Crippen molar-refractivity contribution in [3.8, 4) is 0 Å². The Labute approximate surface area is 179 Å². The van der Waals surface area contributed by atoms with E-state index in [0.717, 1.165) is 18.7 Å². The number of amides is 2. The summed E-state index contributed by atoms with van der Waals surface area (Å²) >= 11 is 0.